The number of amides is 1. The summed E-state index contributed by atoms with van der Waals surface area (Å²) in [6.07, 6.45) is 0. The van der Waals surface area contributed by atoms with Crippen LogP contribution in [-0.2, 0) is 9.59 Å². The maximum atomic E-state index is 10.9. The van der Waals surface area contributed by atoms with Gasteiger partial charge in [0.15, 0.2) is 0 Å². The third kappa shape index (κ3) is 4.02. The molecule has 3 N–H and O–H groups in total. The van der Waals surface area contributed by atoms with Crippen molar-refractivity contribution in [2.75, 3.05) is 25.1 Å². The van der Waals surface area contributed by atoms with Gasteiger partial charge in [-0.05, 0) is 24.3 Å². The maximum absolute atomic E-state index is 10.9. The molecule has 0 atom stereocenters. The lowest BCUT2D eigenvalue weighted by atomic mass is 10.2. The predicted molar refractivity (Wildman–Crippen MR) is 62.0 cm³/mol. The summed E-state index contributed by atoms with van der Waals surface area (Å²) in [5.74, 6) is -0.952. The number of hydrogen-bond donors (Lipinski definition) is 2. The van der Waals surface area contributed by atoms with Gasteiger partial charge in [-0.3, -0.25) is 9.59 Å². The molecule has 0 radical (unpaired) electrons. The first-order chi connectivity index (χ1) is 8.02. The van der Waals surface area contributed by atoms with Crippen molar-refractivity contribution in [2.24, 2.45) is 5.73 Å². The second-order valence-corrected chi connectivity index (χ2v) is 3.41. The number of nitrogens with zero attached hydrogens (tertiary/aromatic N) is 1. The highest BCUT2D eigenvalue weighted by atomic mass is 16.5. The minimum absolute atomic E-state index is 0.140. The van der Waals surface area contributed by atoms with E-state index in [4.69, 9.17) is 15.6 Å². The normalized spacial score (nSPS) is 9.71. The van der Waals surface area contributed by atoms with E-state index in [0.29, 0.717) is 11.4 Å². The number of anilines is 1. The zero-order chi connectivity index (χ0) is 12.8. The Hall–Kier alpha value is -2.24. The van der Waals surface area contributed by atoms with Gasteiger partial charge >= 0.3 is 5.97 Å². The SMILES string of the molecule is COc1ccc(N(CC(N)=O)CC(=O)O)cc1. The van der Waals surface area contributed by atoms with Crippen molar-refractivity contribution in [3.8, 4) is 5.75 Å². The summed E-state index contributed by atoms with van der Waals surface area (Å²) < 4.78 is 4.98. The van der Waals surface area contributed by atoms with E-state index < -0.39 is 11.9 Å². The van der Waals surface area contributed by atoms with Crippen LogP contribution in [0.5, 0.6) is 5.75 Å². The molecule has 0 heterocycles. The van der Waals surface area contributed by atoms with Crippen molar-refractivity contribution >= 4 is 17.6 Å². The standard InChI is InChI=1S/C11H14N2O4/c1-17-9-4-2-8(3-5-9)13(6-10(12)14)7-11(15)16/h2-5H,6-7H2,1H3,(H2,12,14)(H,15,16). The Morgan fingerprint density at radius 2 is 1.88 bits per heavy atom. The third-order valence-electron chi connectivity index (χ3n) is 2.11. The number of primary amides is 1. The Balaban J connectivity index is 2.86. The second kappa shape index (κ2) is 5.74. The number of benzene rings is 1. The van der Waals surface area contributed by atoms with Crippen LogP contribution in [0, 0.1) is 0 Å². The van der Waals surface area contributed by atoms with E-state index >= 15 is 0 Å². The number of carbonyl (C=O) groups excluding carboxylic acids is 1. The predicted octanol–water partition coefficient (Wildman–Crippen LogP) is 0.0715. The molecule has 0 aromatic heterocycles. The zero-order valence-corrected chi connectivity index (χ0v) is 9.42. The third-order valence-corrected chi connectivity index (χ3v) is 2.11. The first kappa shape index (κ1) is 12.8. The quantitative estimate of drug-likeness (QED) is 0.731. The lowest BCUT2D eigenvalue weighted by molar-refractivity contribution is -0.135. The van der Waals surface area contributed by atoms with Gasteiger partial charge in [-0.2, -0.15) is 0 Å². The van der Waals surface area contributed by atoms with Crippen LogP contribution >= 0.6 is 0 Å². The van der Waals surface area contributed by atoms with Gasteiger partial charge in [0.2, 0.25) is 5.91 Å². The van der Waals surface area contributed by atoms with Crippen LogP contribution in [0.15, 0.2) is 24.3 Å². The van der Waals surface area contributed by atoms with E-state index in [1.54, 1.807) is 24.3 Å². The van der Waals surface area contributed by atoms with Crippen molar-refractivity contribution in [2.45, 2.75) is 0 Å². The van der Waals surface area contributed by atoms with E-state index in [1.807, 2.05) is 0 Å². The lowest BCUT2D eigenvalue weighted by Gasteiger charge is -2.21. The van der Waals surface area contributed by atoms with Crippen molar-refractivity contribution in [3.63, 3.8) is 0 Å². The highest BCUT2D eigenvalue weighted by Crippen LogP contribution is 2.18. The summed E-state index contributed by atoms with van der Waals surface area (Å²) in [6, 6.07) is 6.71. The van der Waals surface area contributed by atoms with E-state index in [-0.39, 0.29) is 13.1 Å². The van der Waals surface area contributed by atoms with Gasteiger partial charge in [0, 0.05) is 5.69 Å². The van der Waals surface area contributed by atoms with Gasteiger partial charge in [-0.25, -0.2) is 0 Å². The number of methoxy groups -OCH3 is 1. The van der Waals surface area contributed by atoms with Gasteiger partial charge in [-0.15, -0.1) is 0 Å². The zero-order valence-electron chi connectivity index (χ0n) is 9.42. The van der Waals surface area contributed by atoms with Crippen LogP contribution in [0.1, 0.15) is 0 Å². The highest BCUT2D eigenvalue weighted by molar-refractivity contribution is 5.82. The summed E-state index contributed by atoms with van der Waals surface area (Å²) in [4.78, 5) is 22.9. The van der Waals surface area contributed by atoms with Crippen LogP contribution in [0.2, 0.25) is 0 Å². The minimum atomic E-state index is -1.03. The van der Waals surface area contributed by atoms with Crippen LogP contribution < -0.4 is 15.4 Å². The number of hydrogen-bond acceptors (Lipinski definition) is 4. The van der Waals surface area contributed by atoms with Crippen molar-refractivity contribution < 1.29 is 19.4 Å². The molecule has 1 aromatic carbocycles. The molecule has 0 aliphatic carbocycles. The minimum Gasteiger partial charge on any atom is -0.497 e. The molecule has 1 aromatic rings. The molecular weight excluding hydrogens is 224 g/mol. The average Bonchev–Trinajstić information content (AvgIpc) is 2.27. The molecular formula is C11H14N2O4. The monoisotopic (exact) mass is 238 g/mol. The number of carboxylic acid groups (broad SMARTS) is 1. The van der Waals surface area contributed by atoms with Gasteiger partial charge in [-0.1, -0.05) is 0 Å². The Labute approximate surface area is 98.6 Å². The molecule has 0 saturated heterocycles. The van der Waals surface area contributed by atoms with Crippen LogP contribution in [0.4, 0.5) is 5.69 Å². The van der Waals surface area contributed by atoms with Crippen molar-refractivity contribution in [3.05, 3.63) is 24.3 Å². The molecule has 17 heavy (non-hydrogen) atoms. The van der Waals surface area contributed by atoms with Gasteiger partial charge in [0.05, 0.1) is 13.7 Å². The molecule has 0 aliphatic heterocycles. The molecule has 0 bridgehead atoms. The summed E-state index contributed by atoms with van der Waals surface area (Å²) in [5, 5.41) is 8.74. The molecule has 1 rings (SSSR count). The fourth-order valence-corrected chi connectivity index (χ4v) is 1.38. The number of nitrogens with two attached hydrogens (primary N) is 1. The van der Waals surface area contributed by atoms with Crippen LogP contribution in [0.3, 0.4) is 0 Å². The highest BCUT2D eigenvalue weighted by Gasteiger charge is 2.13. The Morgan fingerprint density at radius 3 is 2.29 bits per heavy atom. The fraction of sp³-hybridized carbons (Fsp3) is 0.273. The van der Waals surface area contributed by atoms with E-state index in [9.17, 15) is 9.59 Å². The summed E-state index contributed by atoms with van der Waals surface area (Å²) >= 11 is 0. The van der Waals surface area contributed by atoms with Gasteiger partial charge in [0.25, 0.3) is 0 Å². The van der Waals surface area contributed by atoms with Crippen LogP contribution in [0.25, 0.3) is 0 Å². The number of ether oxygens (including phenoxy) is 1. The van der Waals surface area contributed by atoms with E-state index in [2.05, 4.69) is 0 Å². The summed E-state index contributed by atoms with van der Waals surface area (Å²) in [6.45, 7) is -0.423. The van der Waals surface area contributed by atoms with E-state index in [1.165, 1.54) is 12.0 Å². The molecule has 0 spiro atoms. The molecule has 0 saturated carbocycles. The fourth-order valence-electron chi connectivity index (χ4n) is 1.38. The molecule has 0 fully saturated rings. The molecule has 6 heteroatoms. The Morgan fingerprint density at radius 1 is 1.29 bits per heavy atom. The first-order valence-electron chi connectivity index (χ1n) is 4.92. The largest absolute Gasteiger partial charge is 0.497 e. The number of aliphatic carboxylic acids is 1. The summed E-state index contributed by atoms with van der Waals surface area (Å²) in [7, 11) is 1.54. The van der Waals surface area contributed by atoms with Gasteiger partial charge < -0.3 is 20.5 Å². The van der Waals surface area contributed by atoms with E-state index in [0.717, 1.165) is 0 Å². The first-order valence-corrected chi connectivity index (χ1v) is 4.92. The van der Waals surface area contributed by atoms with Gasteiger partial charge in [0.1, 0.15) is 12.3 Å². The lowest BCUT2D eigenvalue weighted by Crippen LogP contribution is -2.37. The maximum Gasteiger partial charge on any atom is 0.323 e. The molecule has 0 aliphatic rings. The molecule has 0 unspecified atom stereocenters. The second-order valence-electron chi connectivity index (χ2n) is 3.41. The number of carboxylic acids is 1. The Kier molecular flexibility index (Phi) is 4.33. The molecule has 1 amide bonds. The smallest absolute Gasteiger partial charge is 0.323 e. The summed E-state index contributed by atoms with van der Waals surface area (Å²) in [5.41, 5.74) is 5.67. The van der Waals surface area contributed by atoms with Crippen LogP contribution in [-0.4, -0.2) is 37.2 Å². The van der Waals surface area contributed by atoms with Crippen molar-refractivity contribution in [1.82, 2.24) is 0 Å². The Bertz CT molecular complexity index is 386. The molecule has 6 nitrogen and oxygen atoms in total. The number of rotatable bonds is 6. The number of carbonyl (C=O) groups is 2. The van der Waals surface area contributed by atoms with Crippen molar-refractivity contribution in [1.29, 1.82) is 0 Å². The average molecular weight is 238 g/mol. The molecule has 92 valence electrons. The topological polar surface area (TPSA) is 92.9 Å².